The van der Waals surface area contributed by atoms with Crippen LogP contribution < -0.4 is 5.73 Å². The minimum Gasteiger partial charge on any atom is -0.399 e. The van der Waals surface area contributed by atoms with E-state index in [1.54, 1.807) is 13.0 Å². The van der Waals surface area contributed by atoms with Gasteiger partial charge in [0.05, 0.1) is 5.69 Å². The normalized spacial score (nSPS) is 11.2. The van der Waals surface area contributed by atoms with Crippen LogP contribution in [0, 0.1) is 0 Å². The van der Waals surface area contributed by atoms with Gasteiger partial charge < -0.3 is 5.73 Å². The van der Waals surface area contributed by atoms with Gasteiger partial charge in [-0.25, -0.2) is 9.98 Å². The summed E-state index contributed by atoms with van der Waals surface area (Å²) >= 11 is 0. The minimum atomic E-state index is 0.639. The highest BCUT2D eigenvalue weighted by atomic mass is 14.9. The quantitative estimate of drug-likeness (QED) is 0.382. The van der Waals surface area contributed by atoms with E-state index in [-0.39, 0.29) is 0 Å². The maximum absolute atomic E-state index is 5.56. The molecule has 0 aliphatic rings. The predicted octanol–water partition coefficient (Wildman–Crippen LogP) is 2.02. The monoisotopic (exact) mass is 161 g/mol. The molecule has 0 spiro atoms. The van der Waals surface area contributed by atoms with Crippen molar-refractivity contribution in [3.8, 4) is 0 Å². The maximum atomic E-state index is 5.56. The van der Waals surface area contributed by atoms with Crippen LogP contribution in [-0.2, 0) is 0 Å². The number of rotatable bonds is 1. The van der Waals surface area contributed by atoms with Crippen molar-refractivity contribution < 1.29 is 0 Å². The lowest BCUT2D eigenvalue weighted by molar-refractivity contribution is 1.45. The summed E-state index contributed by atoms with van der Waals surface area (Å²) in [5.74, 6) is 0.639. The van der Waals surface area contributed by atoms with Crippen LogP contribution in [0.5, 0.6) is 0 Å². The van der Waals surface area contributed by atoms with Crippen molar-refractivity contribution in [2.24, 2.45) is 9.98 Å². The van der Waals surface area contributed by atoms with Gasteiger partial charge in [-0.15, -0.1) is 0 Å². The first-order valence-corrected chi connectivity index (χ1v) is 3.60. The van der Waals surface area contributed by atoms with E-state index in [0.717, 1.165) is 5.69 Å². The van der Waals surface area contributed by atoms with Crippen molar-refractivity contribution in [2.75, 3.05) is 5.73 Å². The van der Waals surface area contributed by atoms with Crippen LogP contribution in [0.3, 0.4) is 0 Å². The highest BCUT2D eigenvalue weighted by Gasteiger charge is 1.90. The van der Waals surface area contributed by atoms with Gasteiger partial charge in [0.15, 0.2) is 0 Å². The summed E-state index contributed by atoms with van der Waals surface area (Å²) in [5.41, 5.74) is 7.07. The maximum Gasteiger partial charge on any atom is 0.125 e. The zero-order chi connectivity index (χ0) is 8.97. The SMILES string of the molecule is C=NC(C)=Nc1cccc(N)c1. The van der Waals surface area contributed by atoms with Crippen LogP contribution in [0.4, 0.5) is 11.4 Å². The number of nitrogens with zero attached hydrogens (tertiary/aromatic N) is 2. The Labute approximate surface area is 71.7 Å². The topological polar surface area (TPSA) is 50.7 Å². The first-order valence-electron chi connectivity index (χ1n) is 3.60. The van der Waals surface area contributed by atoms with Crippen molar-refractivity contribution in [1.29, 1.82) is 0 Å². The third-order valence-corrected chi connectivity index (χ3v) is 1.39. The molecule has 0 saturated carbocycles. The number of aliphatic imine (C=N–C) groups is 2. The molecule has 0 saturated heterocycles. The van der Waals surface area contributed by atoms with Crippen LogP contribution in [0.2, 0.25) is 0 Å². The van der Waals surface area contributed by atoms with E-state index in [4.69, 9.17) is 5.73 Å². The fraction of sp³-hybridized carbons (Fsp3) is 0.111. The highest BCUT2D eigenvalue weighted by Crippen LogP contribution is 2.15. The Bertz CT molecular complexity index is 315. The molecule has 0 aliphatic carbocycles. The van der Waals surface area contributed by atoms with Gasteiger partial charge in [0, 0.05) is 5.69 Å². The lowest BCUT2D eigenvalue weighted by Gasteiger charge is -1.95. The molecule has 0 amide bonds. The molecule has 62 valence electrons. The average Bonchev–Trinajstić information content (AvgIpc) is 2.04. The molecule has 0 bridgehead atoms. The van der Waals surface area contributed by atoms with Gasteiger partial charge in [0.1, 0.15) is 5.84 Å². The van der Waals surface area contributed by atoms with Gasteiger partial charge >= 0.3 is 0 Å². The van der Waals surface area contributed by atoms with Gasteiger partial charge in [-0.2, -0.15) is 0 Å². The summed E-state index contributed by atoms with van der Waals surface area (Å²) in [6, 6.07) is 7.32. The van der Waals surface area contributed by atoms with Gasteiger partial charge in [-0.05, 0) is 31.8 Å². The van der Waals surface area contributed by atoms with E-state index in [9.17, 15) is 0 Å². The van der Waals surface area contributed by atoms with E-state index in [1.165, 1.54) is 0 Å². The van der Waals surface area contributed by atoms with E-state index < -0.39 is 0 Å². The molecule has 12 heavy (non-hydrogen) atoms. The fourth-order valence-electron chi connectivity index (χ4n) is 0.817. The largest absolute Gasteiger partial charge is 0.399 e. The zero-order valence-electron chi connectivity index (χ0n) is 6.99. The summed E-state index contributed by atoms with van der Waals surface area (Å²) in [6.45, 7) is 5.16. The second-order valence-corrected chi connectivity index (χ2v) is 2.41. The van der Waals surface area contributed by atoms with E-state index in [0.29, 0.717) is 11.5 Å². The Morgan fingerprint density at radius 1 is 1.50 bits per heavy atom. The van der Waals surface area contributed by atoms with E-state index >= 15 is 0 Å². The highest BCUT2D eigenvalue weighted by molar-refractivity contribution is 5.86. The van der Waals surface area contributed by atoms with Gasteiger partial charge in [0.2, 0.25) is 0 Å². The average molecular weight is 161 g/mol. The smallest absolute Gasteiger partial charge is 0.125 e. The molecule has 0 aromatic heterocycles. The Morgan fingerprint density at radius 3 is 2.83 bits per heavy atom. The van der Waals surface area contributed by atoms with Crippen molar-refractivity contribution in [3.05, 3.63) is 24.3 Å². The molecule has 3 nitrogen and oxygen atoms in total. The molecule has 1 aromatic carbocycles. The van der Waals surface area contributed by atoms with Gasteiger partial charge in [0.25, 0.3) is 0 Å². The van der Waals surface area contributed by atoms with Crippen molar-refractivity contribution in [1.82, 2.24) is 0 Å². The van der Waals surface area contributed by atoms with Crippen LogP contribution in [0.1, 0.15) is 6.92 Å². The molecule has 3 heteroatoms. The van der Waals surface area contributed by atoms with Crippen molar-refractivity contribution in [3.63, 3.8) is 0 Å². The van der Waals surface area contributed by atoms with Crippen LogP contribution in [0.25, 0.3) is 0 Å². The molecular weight excluding hydrogens is 150 g/mol. The lowest BCUT2D eigenvalue weighted by atomic mass is 10.3. The summed E-state index contributed by atoms with van der Waals surface area (Å²) in [6.07, 6.45) is 0. The third-order valence-electron chi connectivity index (χ3n) is 1.39. The number of benzene rings is 1. The summed E-state index contributed by atoms with van der Waals surface area (Å²) in [7, 11) is 0. The van der Waals surface area contributed by atoms with E-state index in [2.05, 4.69) is 16.7 Å². The molecular formula is C9H11N3. The van der Waals surface area contributed by atoms with E-state index in [1.807, 2.05) is 18.2 Å². The predicted molar refractivity (Wildman–Crippen MR) is 53.2 cm³/mol. The number of nitrogens with two attached hydrogens (primary N) is 1. The Balaban J connectivity index is 2.97. The van der Waals surface area contributed by atoms with Gasteiger partial charge in [-0.1, -0.05) is 6.07 Å². The zero-order valence-corrected chi connectivity index (χ0v) is 6.99. The number of hydrogen-bond donors (Lipinski definition) is 1. The third kappa shape index (κ3) is 2.20. The standard InChI is InChI=1S/C9H11N3/c1-7(11-2)12-9-5-3-4-8(10)6-9/h3-6H,2,10H2,1H3. The second kappa shape index (κ2) is 3.67. The fourth-order valence-corrected chi connectivity index (χ4v) is 0.817. The summed E-state index contributed by atoms with van der Waals surface area (Å²) in [4.78, 5) is 7.82. The van der Waals surface area contributed by atoms with Crippen LogP contribution >= 0.6 is 0 Å². The van der Waals surface area contributed by atoms with Crippen LogP contribution in [0.15, 0.2) is 34.3 Å². The lowest BCUT2D eigenvalue weighted by Crippen LogP contribution is -1.84. The number of amidine groups is 1. The van der Waals surface area contributed by atoms with Crippen LogP contribution in [-0.4, -0.2) is 12.6 Å². The molecule has 0 aliphatic heterocycles. The molecule has 1 rings (SSSR count). The Morgan fingerprint density at radius 2 is 2.25 bits per heavy atom. The molecule has 0 radical (unpaired) electrons. The molecule has 0 unspecified atom stereocenters. The number of hydrogen-bond acceptors (Lipinski definition) is 2. The molecule has 2 N–H and O–H groups in total. The summed E-state index contributed by atoms with van der Waals surface area (Å²) in [5, 5.41) is 0. The van der Waals surface area contributed by atoms with Crippen molar-refractivity contribution in [2.45, 2.75) is 6.92 Å². The van der Waals surface area contributed by atoms with Gasteiger partial charge in [-0.3, -0.25) is 0 Å². The number of anilines is 1. The first kappa shape index (κ1) is 8.46. The van der Waals surface area contributed by atoms with Crippen molar-refractivity contribution >= 4 is 23.9 Å². The number of nitrogen functional groups attached to an aromatic ring is 1. The Kier molecular flexibility index (Phi) is 2.58. The second-order valence-electron chi connectivity index (χ2n) is 2.41. The molecule has 0 heterocycles. The Hall–Kier alpha value is -1.64. The molecule has 0 atom stereocenters. The summed E-state index contributed by atoms with van der Waals surface area (Å²) < 4.78 is 0. The minimum absolute atomic E-state index is 0.639. The molecule has 1 aromatic rings. The first-order chi connectivity index (χ1) is 5.72. The molecule has 0 fully saturated rings.